The van der Waals surface area contributed by atoms with Crippen LogP contribution in [0.2, 0.25) is 10.0 Å². The van der Waals surface area contributed by atoms with Crippen LogP contribution in [0.5, 0.6) is 11.5 Å². The van der Waals surface area contributed by atoms with Gasteiger partial charge in [-0.2, -0.15) is 8.78 Å². The number of benzene rings is 2. The van der Waals surface area contributed by atoms with Gasteiger partial charge in [0.05, 0.1) is 34.0 Å². The first kappa shape index (κ1) is 32.3. The molecule has 1 heterocycles. The van der Waals surface area contributed by atoms with Crippen molar-refractivity contribution in [2.24, 2.45) is 5.73 Å². The van der Waals surface area contributed by atoms with Crippen molar-refractivity contribution >= 4 is 38.9 Å². The number of carbonyl (C=O) groups is 1. The number of rotatable bonds is 11. The van der Waals surface area contributed by atoms with E-state index in [0.717, 1.165) is 0 Å². The van der Waals surface area contributed by atoms with Crippen molar-refractivity contribution in [3.63, 3.8) is 0 Å². The molecule has 0 saturated carbocycles. The summed E-state index contributed by atoms with van der Waals surface area (Å²) in [5.41, 5.74) is 6.61. The molecule has 8 nitrogen and oxygen atoms in total. The highest BCUT2D eigenvalue weighted by Crippen LogP contribution is 2.36. The number of likely N-dealkylation sites (N-methyl/N-ethyl adjacent to an activating group) is 1. The lowest BCUT2D eigenvalue weighted by atomic mass is 9.77. The fraction of sp³-hybridized carbons (Fsp3) is 0.519. The van der Waals surface area contributed by atoms with Crippen molar-refractivity contribution in [1.82, 2.24) is 9.80 Å². The third-order valence-electron chi connectivity index (χ3n) is 7.46. The molecule has 3 rings (SSSR count). The quantitative estimate of drug-likeness (QED) is 0.388. The van der Waals surface area contributed by atoms with Gasteiger partial charge in [0.25, 0.3) is 0 Å². The number of nitrogens with zero attached hydrogens (tertiary/aromatic N) is 2. The average Bonchev–Trinajstić information content (AvgIpc) is 2.88. The molecule has 1 aliphatic heterocycles. The first-order chi connectivity index (χ1) is 18.6. The van der Waals surface area contributed by atoms with E-state index in [1.165, 1.54) is 19.4 Å². The molecule has 0 radical (unpaired) electrons. The van der Waals surface area contributed by atoms with Crippen LogP contribution in [0.4, 0.5) is 8.78 Å². The average molecular weight is 623 g/mol. The van der Waals surface area contributed by atoms with Gasteiger partial charge in [0.15, 0.2) is 11.5 Å². The number of amides is 1. The van der Waals surface area contributed by atoms with Crippen molar-refractivity contribution in [1.29, 1.82) is 0 Å². The molecule has 40 heavy (non-hydrogen) atoms. The number of methoxy groups -OCH3 is 1. The van der Waals surface area contributed by atoms with E-state index in [-0.39, 0.29) is 24.0 Å². The van der Waals surface area contributed by atoms with E-state index in [4.69, 9.17) is 33.7 Å². The van der Waals surface area contributed by atoms with Crippen molar-refractivity contribution in [2.75, 3.05) is 33.5 Å². The molecule has 1 fully saturated rings. The summed E-state index contributed by atoms with van der Waals surface area (Å²) >= 11 is 12.5. The van der Waals surface area contributed by atoms with Crippen LogP contribution < -0.4 is 15.2 Å². The van der Waals surface area contributed by atoms with Crippen molar-refractivity contribution in [2.45, 2.75) is 56.2 Å². The second-order valence-corrected chi connectivity index (χ2v) is 13.5. The van der Waals surface area contributed by atoms with Gasteiger partial charge in [-0.1, -0.05) is 35.3 Å². The Bertz CT molecular complexity index is 1320. The van der Waals surface area contributed by atoms with Gasteiger partial charge in [0.1, 0.15) is 9.84 Å². The molecule has 2 aromatic rings. The summed E-state index contributed by atoms with van der Waals surface area (Å²) in [5.74, 6) is -0.193. The summed E-state index contributed by atoms with van der Waals surface area (Å²) in [7, 11) is -0.200. The Kier molecular flexibility index (Phi) is 10.7. The Hall–Kier alpha value is -2.18. The zero-order valence-electron chi connectivity index (χ0n) is 22.9. The number of nitrogens with two attached hydrogens (primary N) is 1. The van der Waals surface area contributed by atoms with E-state index in [1.54, 1.807) is 42.3 Å². The molecule has 0 aliphatic carbocycles. The molecule has 0 bridgehead atoms. The largest absolute Gasteiger partial charge is 0.493 e. The lowest BCUT2D eigenvalue weighted by Crippen LogP contribution is -2.53. The molecular formula is C27H35Cl2F2N3O5S. The highest BCUT2D eigenvalue weighted by Gasteiger charge is 2.39. The highest BCUT2D eigenvalue weighted by atomic mass is 35.5. The van der Waals surface area contributed by atoms with E-state index >= 15 is 0 Å². The van der Waals surface area contributed by atoms with Crippen molar-refractivity contribution < 1.29 is 31.5 Å². The fourth-order valence-corrected chi connectivity index (χ4v) is 6.41. The maximum atomic E-state index is 14.0. The van der Waals surface area contributed by atoms with Crippen LogP contribution >= 0.6 is 23.2 Å². The van der Waals surface area contributed by atoms with Crippen LogP contribution in [0.3, 0.4) is 0 Å². The third-order valence-corrected chi connectivity index (χ3v) is 9.83. The predicted molar refractivity (Wildman–Crippen MR) is 152 cm³/mol. The van der Waals surface area contributed by atoms with Gasteiger partial charge in [-0.15, -0.1) is 0 Å². The summed E-state index contributed by atoms with van der Waals surface area (Å²) in [6.07, 6.45) is 1.93. The molecule has 0 aromatic heterocycles. The maximum Gasteiger partial charge on any atom is 0.387 e. The molecule has 1 saturated heterocycles. The summed E-state index contributed by atoms with van der Waals surface area (Å²) < 4.78 is 59.2. The molecule has 2 aromatic carbocycles. The van der Waals surface area contributed by atoms with E-state index < -0.39 is 33.3 Å². The van der Waals surface area contributed by atoms with Crippen LogP contribution in [0, 0.1) is 0 Å². The molecular weight excluding hydrogens is 587 g/mol. The Morgan fingerprint density at radius 3 is 2.48 bits per heavy atom. The Balaban J connectivity index is 1.84. The normalized spacial score (nSPS) is 19.8. The number of halogens is 4. The van der Waals surface area contributed by atoms with Crippen LogP contribution in [-0.2, 0) is 26.6 Å². The van der Waals surface area contributed by atoms with Gasteiger partial charge >= 0.3 is 6.61 Å². The monoisotopic (exact) mass is 621 g/mol. The minimum absolute atomic E-state index is 0.105. The van der Waals surface area contributed by atoms with Gasteiger partial charge in [-0.05, 0) is 61.6 Å². The van der Waals surface area contributed by atoms with Crippen molar-refractivity contribution in [3.8, 4) is 11.5 Å². The Morgan fingerprint density at radius 1 is 1.20 bits per heavy atom. The molecule has 3 atom stereocenters. The molecule has 13 heteroatoms. The van der Waals surface area contributed by atoms with Gasteiger partial charge in [-0.25, -0.2) is 8.42 Å². The van der Waals surface area contributed by atoms with Gasteiger partial charge in [-0.3, -0.25) is 9.69 Å². The number of piperidine rings is 1. The summed E-state index contributed by atoms with van der Waals surface area (Å²) in [4.78, 5) is 17.6. The molecule has 222 valence electrons. The third kappa shape index (κ3) is 7.76. The molecule has 3 unspecified atom stereocenters. The number of sulfone groups is 1. The fourth-order valence-electron chi connectivity index (χ4n) is 5.03. The van der Waals surface area contributed by atoms with Crippen LogP contribution in [0.25, 0.3) is 0 Å². The van der Waals surface area contributed by atoms with E-state index in [9.17, 15) is 22.0 Å². The van der Waals surface area contributed by atoms with Crippen molar-refractivity contribution in [3.05, 3.63) is 57.6 Å². The zero-order valence-corrected chi connectivity index (χ0v) is 25.2. The topological polar surface area (TPSA) is 102 Å². The molecule has 0 spiro atoms. The number of hydrogen-bond acceptors (Lipinski definition) is 7. The van der Waals surface area contributed by atoms with E-state index in [1.807, 2.05) is 11.8 Å². The van der Waals surface area contributed by atoms with Crippen LogP contribution in [-0.4, -0.2) is 75.7 Å². The SMILES string of the molecule is COc1cc(CN(C)C(=O)C(C)(CCN2CCC(S(C)(=O)=O)CC2N)c2ccc(Cl)c(Cl)c2)ccc1OC(F)F. The summed E-state index contributed by atoms with van der Waals surface area (Å²) in [6, 6.07) is 9.58. The maximum absolute atomic E-state index is 14.0. The molecule has 2 N–H and O–H groups in total. The lowest BCUT2D eigenvalue weighted by Gasteiger charge is -2.40. The zero-order chi connectivity index (χ0) is 29.8. The highest BCUT2D eigenvalue weighted by molar-refractivity contribution is 7.91. The van der Waals surface area contributed by atoms with Gasteiger partial charge < -0.3 is 20.1 Å². The molecule has 1 aliphatic rings. The van der Waals surface area contributed by atoms with Crippen LogP contribution in [0.1, 0.15) is 37.3 Å². The summed E-state index contributed by atoms with van der Waals surface area (Å²) in [6.45, 7) is -0.0730. The lowest BCUT2D eigenvalue weighted by molar-refractivity contribution is -0.136. The smallest absolute Gasteiger partial charge is 0.387 e. The Morgan fingerprint density at radius 2 is 1.90 bits per heavy atom. The van der Waals surface area contributed by atoms with E-state index in [0.29, 0.717) is 53.5 Å². The first-order valence-electron chi connectivity index (χ1n) is 12.7. The number of alkyl halides is 2. The van der Waals surface area contributed by atoms with E-state index in [2.05, 4.69) is 4.74 Å². The van der Waals surface area contributed by atoms with Gasteiger partial charge in [0, 0.05) is 32.9 Å². The number of carbonyl (C=O) groups excluding carboxylic acids is 1. The molecule has 1 amide bonds. The minimum atomic E-state index is -3.19. The first-order valence-corrected chi connectivity index (χ1v) is 15.4. The second-order valence-electron chi connectivity index (χ2n) is 10.3. The standard InChI is InChI=1S/C27H35Cl2F2N3O5S/c1-27(18-6-7-20(28)21(29)14-18,10-12-34-11-9-19(15-24(34)32)40(4,36)37)25(35)33(2)16-17-5-8-22(39-26(30)31)23(13-17)38-3/h5-8,13-14,19,24,26H,9-12,15-16,32H2,1-4H3. The minimum Gasteiger partial charge on any atom is -0.493 e. The number of hydrogen-bond donors (Lipinski definition) is 1. The van der Waals surface area contributed by atoms with Gasteiger partial charge in [0.2, 0.25) is 5.91 Å². The predicted octanol–water partition coefficient (Wildman–Crippen LogP) is 4.70. The van der Waals surface area contributed by atoms with Crippen LogP contribution in [0.15, 0.2) is 36.4 Å². The Labute approximate surface area is 244 Å². The summed E-state index contributed by atoms with van der Waals surface area (Å²) in [5, 5.41) is 0.185. The second kappa shape index (κ2) is 13.2. The number of ether oxygens (including phenoxy) is 2. The number of likely N-dealkylation sites (tertiary alicyclic amines) is 1.